The second kappa shape index (κ2) is 15.2. The number of amides is 3. The zero-order valence-corrected chi connectivity index (χ0v) is 31.8. The van der Waals surface area contributed by atoms with E-state index in [9.17, 15) is 34.7 Å². The molecule has 57 heavy (non-hydrogen) atoms. The Morgan fingerprint density at radius 1 is 0.947 bits per heavy atom. The van der Waals surface area contributed by atoms with Crippen molar-refractivity contribution in [3.05, 3.63) is 142 Å². The molecule has 3 amide bonds. The summed E-state index contributed by atoms with van der Waals surface area (Å²) in [4.78, 5) is 60.6. The SMILES string of the molecule is C[C@H](/C=C/CC(=O)N1Cc2ccccc2C[C@H]1CO)[C@@]1(O)C(=O)N(Cc2cccc(N3CN(c4ccccc4)C4(CCNCC4)C3=O)c2)c2ccc([N+](=O)[O-])cc21. The van der Waals surface area contributed by atoms with E-state index in [4.69, 9.17) is 0 Å². The summed E-state index contributed by atoms with van der Waals surface area (Å²) in [7, 11) is 0. The maximum atomic E-state index is 14.4. The molecule has 0 radical (unpaired) electrons. The van der Waals surface area contributed by atoms with Crippen LogP contribution >= 0.6 is 0 Å². The van der Waals surface area contributed by atoms with Gasteiger partial charge in [0.15, 0.2) is 5.60 Å². The molecule has 4 aliphatic rings. The van der Waals surface area contributed by atoms with Crippen molar-refractivity contribution in [2.45, 2.75) is 62.9 Å². The third-order valence-corrected chi connectivity index (χ3v) is 12.2. The molecule has 0 bridgehead atoms. The monoisotopic (exact) mass is 770 g/mol. The van der Waals surface area contributed by atoms with Gasteiger partial charge in [-0.2, -0.15) is 0 Å². The minimum atomic E-state index is -2.17. The quantitative estimate of drug-likeness (QED) is 0.117. The number of nitro benzene ring substituents is 1. The lowest BCUT2D eigenvalue weighted by Gasteiger charge is -2.39. The number of benzene rings is 4. The predicted molar refractivity (Wildman–Crippen MR) is 215 cm³/mol. The van der Waals surface area contributed by atoms with E-state index in [1.54, 1.807) is 28.9 Å². The van der Waals surface area contributed by atoms with Crippen molar-refractivity contribution in [3.8, 4) is 0 Å². The fourth-order valence-corrected chi connectivity index (χ4v) is 9.05. The summed E-state index contributed by atoms with van der Waals surface area (Å²) in [5.41, 5.74) is 1.80. The molecule has 294 valence electrons. The third kappa shape index (κ3) is 6.65. The van der Waals surface area contributed by atoms with Gasteiger partial charge < -0.3 is 30.2 Å². The average Bonchev–Trinajstić information content (AvgIpc) is 3.63. The molecule has 4 heterocycles. The van der Waals surface area contributed by atoms with Crippen LogP contribution < -0.4 is 20.0 Å². The molecule has 0 saturated carbocycles. The number of non-ortho nitro benzene ring substituents is 1. The molecule has 1 spiro atoms. The highest BCUT2D eigenvalue weighted by atomic mass is 16.6. The van der Waals surface area contributed by atoms with Gasteiger partial charge in [-0.3, -0.25) is 29.4 Å². The van der Waals surface area contributed by atoms with Gasteiger partial charge >= 0.3 is 0 Å². The van der Waals surface area contributed by atoms with E-state index in [0.29, 0.717) is 49.4 Å². The van der Waals surface area contributed by atoms with Crippen LogP contribution in [0.25, 0.3) is 0 Å². The molecule has 3 N–H and O–H groups in total. The van der Waals surface area contributed by atoms with Crippen molar-refractivity contribution in [1.82, 2.24) is 10.2 Å². The number of hydrogen-bond acceptors (Lipinski definition) is 9. The predicted octanol–water partition coefficient (Wildman–Crippen LogP) is 4.79. The van der Waals surface area contributed by atoms with Crippen molar-refractivity contribution >= 4 is 40.5 Å². The molecule has 4 aromatic rings. The van der Waals surface area contributed by atoms with Crippen LogP contribution in [0.15, 0.2) is 109 Å². The Balaban J connectivity index is 1.04. The van der Waals surface area contributed by atoms with E-state index in [-0.39, 0.29) is 48.7 Å². The van der Waals surface area contributed by atoms with Gasteiger partial charge in [-0.1, -0.05) is 73.7 Å². The first kappa shape index (κ1) is 38.0. The minimum absolute atomic E-state index is 0.0189. The maximum absolute atomic E-state index is 14.4. The number of anilines is 3. The number of carbonyl (C=O) groups is 3. The van der Waals surface area contributed by atoms with Gasteiger partial charge in [0.05, 0.1) is 36.5 Å². The zero-order chi connectivity index (χ0) is 39.9. The Morgan fingerprint density at radius 3 is 2.40 bits per heavy atom. The first-order valence-corrected chi connectivity index (χ1v) is 19.5. The standard InChI is InChI=1S/C44H46N6O7/c1-30(9-7-16-40(52)46-27-33-12-6-5-11-32(33)24-37(46)28-51)44(55)38-25-36(50(56)57)17-18-39(38)47(42(44)54)26-31-10-8-15-35(23-31)48-29-49(34-13-3-2-4-14-34)43(41(48)53)19-21-45-22-20-43/h2-15,17-18,23,25,30,37,45,51,55H,16,19-22,24,26-29H2,1H3/b9-7+/t30-,37+,44+/m1/s1. The molecular weight excluding hydrogens is 725 g/mol. The Bertz CT molecular complexity index is 2240. The summed E-state index contributed by atoms with van der Waals surface area (Å²) in [5.74, 6) is -1.71. The normalized spacial score (nSPS) is 22.0. The lowest BCUT2D eigenvalue weighted by molar-refractivity contribution is -0.385. The summed E-state index contributed by atoms with van der Waals surface area (Å²) in [6.07, 6.45) is 5.05. The average molecular weight is 771 g/mol. The van der Waals surface area contributed by atoms with Gasteiger partial charge in [0, 0.05) is 48.0 Å². The largest absolute Gasteiger partial charge is 0.394 e. The van der Waals surface area contributed by atoms with Crippen molar-refractivity contribution in [2.75, 3.05) is 41.1 Å². The van der Waals surface area contributed by atoms with Crippen molar-refractivity contribution < 1.29 is 29.5 Å². The van der Waals surface area contributed by atoms with Crippen molar-refractivity contribution in [1.29, 1.82) is 0 Å². The van der Waals surface area contributed by atoms with Gasteiger partial charge in [-0.25, -0.2) is 0 Å². The Hall–Kier alpha value is -5.89. The highest BCUT2D eigenvalue weighted by molar-refractivity contribution is 6.08. The van der Waals surface area contributed by atoms with Crippen LogP contribution in [0, 0.1) is 16.0 Å². The van der Waals surface area contributed by atoms with E-state index >= 15 is 0 Å². The molecule has 0 aromatic heterocycles. The van der Waals surface area contributed by atoms with E-state index < -0.39 is 27.9 Å². The molecule has 0 unspecified atom stereocenters. The van der Waals surface area contributed by atoms with Crippen molar-refractivity contribution in [2.24, 2.45) is 5.92 Å². The highest BCUT2D eigenvalue weighted by Gasteiger charge is 2.54. The van der Waals surface area contributed by atoms with E-state index in [1.807, 2.05) is 78.9 Å². The summed E-state index contributed by atoms with van der Waals surface area (Å²) < 4.78 is 0. The molecule has 0 aliphatic carbocycles. The molecule has 13 heteroatoms. The van der Waals surface area contributed by atoms with Gasteiger partial charge in [-0.15, -0.1) is 0 Å². The molecule has 13 nitrogen and oxygen atoms in total. The number of rotatable bonds is 10. The minimum Gasteiger partial charge on any atom is -0.394 e. The smallest absolute Gasteiger partial charge is 0.269 e. The fraction of sp³-hybridized carbons (Fsp3) is 0.341. The second-order valence-corrected chi connectivity index (χ2v) is 15.5. The van der Waals surface area contributed by atoms with Gasteiger partial charge in [-0.05, 0) is 79.4 Å². The van der Waals surface area contributed by atoms with E-state index in [2.05, 4.69) is 10.2 Å². The summed E-state index contributed by atoms with van der Waals surface area (Å²) >= 11 is 0. The van der Waals surface area contributed by atoms with Gasteiger partial charge in [0.1, 0.15) is 5.54 Å². The molecule has 8 rings (SSSR count). The number of aliphatic hydroxyl groups excluding tert-OH is 1. The number of fused-ring (bicyclic) bond motifs is 2. The number of nitrogens with one attached hydrogen (secondary N) is 1. The van der Waals surface area contributed by atoms with Crippen LogP contribution in [0.3, 0.4) is 0 Å². The number of nitro groups is 1. The van der Waals surface area contributed by atoms with E-state index in [0.717, 1.165) is 29.9 Å². The van der Waals surface area contributed by atoms with Crippen LogP contribution in [-0.2, 0) is 39.5 Å². The zero-order valence-electron chi connectivity index (χ0n) is 31.8. The van der Waals surface area contributed by atoms with Crippen LogP contribution in [-0.4, -0.2) is 75.7 Å². The molecule has 3 atom stereocenters. The summed E-state index contributed by atoms with van der Waals surface area (Å²) in [5, 5.41) is 37.7. The molecule has 4 aromatic carbocycles. The Labute approximate surface area is 331 Å². The first-order chi connectivity index (χ1) is 27.5. The maximum Gasteiger partial charge on any atom is 0.269 e. The number of hydrogen-bond donors (Lipinski definition) is 3. The number of carbonyl (C=O) groups excluding carboxylic acids is 3. The molecule has 2 saturated heterocycles. The van der Waals surface area contributed by atoms with Gasteiger partial charge in [0.2, 0.25) is 5.91 Å². The van der Waals surface area contributed by atoms with Crippen LogP contribution in [0.2, 0.25) is 0 Å². The first-order valence-electron chi connectivity index (χ1n) is 19.5. The topological polar surface area (TPSA) is 160 Å². The second-order valence-electron chi connectivity index (χ2n) is 15.5. The number of nitrogens with zero attached hydrogens (tertiary/aromatic N) is 5. The third-order valence-electron chi connectivity index (χ3n) is 12.2. The lowest BCUT2D eigenvalue weighted by Crippen LogP contribution is -2.55. The van der Waals surface area contributed by atoms with Gasteiger partial charge in [0.25, 0.3) is 17.5 Å². The van der Waals surface area contributed by atoms with E-state index in [1.165, 1.54) is 23.1 Å². The Kier molecular flexibility index (Phi) is 10.1. The Morgan fingerprint density at radius 2 is 1.67 bits per heavy atom. The molecule has 4 aliphatic heterocycles. The molecular formula is C44H46N6O7. The highest BCUT2D eigenvalue weighted by Crippen LogP contribution is 2.47. The number of aliphatic hydroxyl groups is 2. The van der Waals surface area contributed by atoms with Crippen molar-refractivity contribution in [3.63, 3.8) is 0 Å². The van der Waals surface area contributed by atoms with Crippen LogP contribution in [0.5, 0.6) is 0 Å². The number of piperidine rings is 1. The summed E-state index contributed by atoms with van der Waals surface area (Å²) in [6.45, 7) is 3.68. The molecule has 2 fully saturated rings. The van der Waals surface area contributed by atoms with Crippen LogP contribution in [0.4, 0.5) is 22.7 Å². The summed E-state index contributed by atoms with van der Waals surface area (Å²) in [6, 6.07) is 28.9. The van der Waals surface area contributed by atoms with Crippen LogP contribution in [0.1, 0.15) is 48.4 Å². The number of para-hydroxylation sites is 1. The fourth-order valence-electron chi connectivity index (χ4n) is 9.05. The lowest BCUT2D eigenvalue weighted by atomic mass is 9.82.